The summed E-state index contributed by atoms with van der Waals surface area (Å²) in [5, 5.41) is 0. The zero-order valence-corrected chi connectivity index (χ0v) is 16.6. The Bertz CT molecular complexity index is 827. The van der Waals surface area contributed by atoms with E-state index in [9.17, 15) is 9.59 Å². The molecule has 2 rings (SSSR count). The van der Waals surface area contributed by atoms with Crippen molar-refractivity contribution < 1.29 is 18.8 Å². The van der Waals surface area contributed by atoms with Crippen LogP contribution >= 0.6 is 0 Å². The zero-order chi connectivity index (χ0) is 20.6. The Morgan fingerprint density at radius 3 is 2.18 bits per heavy atom. The molecule has 0 radical (unpaired) electrons. The second kappa shape index (κ2) is 9.81. The topological polar surface area (TPSA) is 43.4 Å². The number of quaternary nitrogens is 1. The highest BCUT2D eigenvalue weighted by atomic mass is 16.6. The highest BCUT2D eigenvalue weighted by Gasteiger charge is 2.33. The van der Waals surface area contributed by atoms with Crippen LogP contribution < -0.4 is 0 Å². The van der Waals surface area contributed by atoms with Crippen molar-refractivity contribution in [2.45, 2.75) is 19.6 Å². The van der Waals surface area contributed by atoms with Gasteiger partial charge in [-0.3, -0.25) is 9.28 Å². The highest BCUT2D eigenvalue weighted by Crippen LogP contribution is 2.19. The van der Waals surface area contributed by atoms with Crippen LogP contribution in [0, 0.1) is 0 Å². The molecule has 0 saturated carbocycles. The minimum absolute atomic E-state index is 0.0115. The summed E-state index contributed by atoms with van der Waals surface area (Å²) in [5.41, 5.74) is 2.29. The van der Waals surface area contributed by atoms with Gasteiger partial charge in [-0.2, -0.15) is 0 Å². The molecule has 0 aliphatic rings. The second-order valence-corrected chi connectivity index (χ2v) is 6.96. The van der Waals surface area contributed by atoms with Crippen LogP contribution in [0.25, 0.3) is 0 Å². The molecule has 0 aromatic heterocycles. The summed E-state index contributed by atoms with van der Waals surface area (Å²) in [4.78, 5) is 24.4. The molecule has 0 aliphatic heterocycles. The summed E-state index contributed by atoms with van der Waals surface area (Å²) >= 11 is 0. The Morgan fingerprint density at radius 1 is 1.04 bits per heavy atom. The van der Waals surface area contributed by atoms with Crippen molar-refractivity contribution >= 4 is 11.8 Å². The van der Waals surface area contributed by atoms with Gasteiger partial charge >= 0.3 is 5.97 Å². The fourth-order valence-corrected chi connectivity index (χ4v) is 3.07. The molecule has 2 aromatic rings. The second-order valence-electron chi connectivity index (χ2n) is 6.96. The van der Waals surface area contributed by atoms with E-state index in [4.69, 9.17) is 4.74 Å². The number of esters is 1. The first-order valence-corrected chi connectivity index (χ1v) is 9.40. The number of nitrogens with zero attached hydrogens (tertiary/aromatic N) is 1. The molecule has 0 heterocycles. The number of ether oxygens (including phenoxy) is 1. The van der Waals surface area contributed by atoms with Crippen LogP contribution in [0.5, 0.6) is 0 Å². The maximum absolute atomic E-state index is 12.6. The number of benzene rings is 2. The summed E-state index contributed by atoms with van der Waals surface area (Å²) in [6, 6.07) is 16.7. The van der Waals surface area contributed by atoms with Crippen LogP contribution in [0.3, 0.4) is 0 Å². The van der Waals surface area contributed by atoms with Gasteiger partial charge in [0.2, 0.25) is 6.23 Å². The lowest BCUT2D eigenvalue weighted by atomic mass is 10.0. The van der Waals surface area contributed by atoms with E-state index in [1.807, 2.05) is 55.6 Å². The number of rotatable bonds is 10. The molecule has 28 heavy (non-hydrogen) atoms. The van der Waals surface area contributed by atoms with Gasteiger partial charge < -0.3 is 4.74 Å². The SMILES string of the molecule is C=CC[N+](C)(CC)C(Cc1ccc(C(=O)c2ccccc2)cc1)OC(=O)C=C. The maximum Gasteiger partial charge on any atom is 0.334 e. The fourth-order valence-electron chi connectivity index (χ4n) is 3.07. The molecule has 2 unspecified atom stereocenters. The smallest absolute Gasteiger partial charge is 0.334 e. The lowest BCUT2D eigenvalue weighted by molar-refractivity contribution is -0.945. The van der Waals surface area contributed by atoms with Gasteiger partial charge in [0.05, 0.1) is 26.6 Å². The van der Waals surface area contributed by atoms with E-state index in [1.165, 1.54) is 6.08 Å². The summed E-state index contributed by atoms with van der Waals surface area (Å²) in [7, 11) is 2.04. The molecule has 0 amide bonds. The molecule has 0 spiro atoms. The molecule has 4 nitrogen and oxygen atoms in total. The third kappa shape index (κ3) is 5.27. The fraction of sp³-hybridized carbons (Fsp3) is 0.250. The summed E-state index contributed by atoms with van der Waals surface area (Å²) in [6.45, 7) is 10.8. The van der Waals surface area contributed by atoms with Crippen LogP contribution in [0.15, 0.2) is 79.9 Å². The quantitative estimate of drug-likeness (QED) is 0.156. The Kier molecular flexibility index (Phi) is 7.47. The van der Waals surface area contributed by atoms with Gasteiger partial charge in [-0.25, -0.2) is 4.79 Å². The van der Waals surface area contributed by atoms with E-state index in [1.54, 1.807) is 12.1 Å². The van der Waals surface area contributed by atoms with E-state index in [0.29, 0.717) is 28.6 Å². The molecule has 0 fully saturated rings. The highest BCUT2D eigenvalue weighted by molar-refractivity contribution is 6.08. The Balaban J connectivity index is 2.22. The number of likely N-dealkylation sites (N-methyl/N-ethyl adjacent to an activating group) is 1. The number of hydrogen-bond donors (Lipinski definition) is 0. The van der Waals surface area contributed by atoms with Gasteiger partial charge in [0.15, 0.2) is 5.78 Å². The zero-order valence-electron chi connectivity index (χ0n) is 16.6. The number of carbonyl (C=O) groups is 2. The molecule has 146 valence electrons. The van der Waals surface area contributed by atoms with Crippen LogP contribution in [-0.4, -0.2) is 42.6 Å². The summed E-state index contributed by atoms with van der Waals surface area (Å²) < 4.78 is 6.18. The Morgan fingerprint density at radius 2 is 1.64 bits per heavy atom. The summed E-state index contributed by atoms with van der Waals surface area (Å²) in [5.74, 6) is -0.453. The molecule has 0 aliphatic carbocycles. The Hall–Kier alpha value is -2.98. The van der Waals surface area contributed by atoms with Crippen molar-refractivity contribution in [3.63, 3.8) is 0 Å². The van der Waals surface area contributed by atoms with Crippen LogP contribution in [0.2, 0.25) is 0 Å². The minimum atomic E-state index is -0.442. The molecule has 2 aromatic carbocycles. The van der Waals surface area contributed by atoms with E-state index in [2.05, 4.69) is 20.1 Å². The van der Waals surface area contributed by atoms with Crippen molar-refractivity contribution in [2.75, 3.05) is 20.1 Å². The van der Waals surface area contributed by atoms with Crippen molar-refractivity contribution in [1.29, 1.82) is 0 Å². The van der Waals surface area contributed by atoms with Gasteiger partial charge in [-0.15, -0.1) is 0 Å². The van der Waals surface area contributed by atoms with E-state index < -0.39 is 5.97 Å². The molecular formula is C24H28NO3+. The van der Waals surface area contributed by atoms with Gasteiger partial charge in [-0.1, -0.05) is 67.8 Å². The normalized spacial score (nSPS) is 13.8. The van der Waals surface area contributed by atoms with Crippen molar-refractivity contribution in [2.24, 2.45) is 0 Å². The molecule has 0 N–H and O–H groups in total. The predicted molar refractivity (Wildman–Crippen MR) is 112 cm³/mol. The van der Waals surface area contributed by atoms with Crippen LogP contribution in [0.4, 0.5) is 0 Å². The van der Waals surface area contributed by atoms with Crippen molar-refractivity contribution in [1.82, 2.24) is 0 Å². The first-order chi connectivity index (χ1) is 13.4. The maximum atomic E-state index is 12.6. The van der Waals surface area contributed by atoms with Crippen molar-refractivity contribution in [3.8, 4) is 0 Å². The first-order valence-electron chi connectivity index (χ1n) is 9.40. The standard InChI is InChI=1S/C24H28NO3/c1-5-17-25(4,7-3)22(28-23(26)6-2)18-19-13-15-21(16-14-19)24(27)20-11-9-8-10-12-20/h5-6,8-16,22H,1-2,7,17-18H2,3-4H3/q+1. The number of carbonyl (C=O) groups excluding carboxylic acids is 2. The molecule has 0 saturated heterocycles. The molecule has 4 heteroatoms. The van der Waals surface area contributed by atoms with E-state index in [-0.39, 0.29) is 12.0 Å². The van der Waals surface area contributed by atoms with E-state index >= 15 is 0 Å². The van der Waals surface area contributed by atoms with Gasteiger partial charge in [0, 0.05) is 17.2 Å². The summed E-state index contributed by atoms with van der Waals surface area (Å²) in [6.07, 6.45) is 3.18. The third-order valence-corrected chi connectivity index (χ3v) is 5.05. The lowest BCUT2D eigenvalue weighted by Gasteiger charge is -2.39. The molecule has 2 atom stereocenters. The lowest BCUT2D eigenvalue weighted by Crippen LogP contribution is -2.55. The van der Waals surface area contributed by atoms with Gasteiger partial charge in [0.1, 0.15) is 0 Å². The third-order valence-electron chi connectivity index (χ3n) is 5.05. The number of ketones is 1. The number of hydrogen-bond acceptors (Lipinski definition) is 3. The minimum Gasteiger partial charge on any atom is -0.409 e. The van der Waals surface area contributed by atoms with E-state index in [0.717, 1.165) is 12.1 Å². The van der Waals surface area contributed by atoms with Gasteiger partial charge in [0.25, 0.3) is 0 Å². The largest absolute Gasteiger partial charge is 0.409 e. The first kappa shape index (κ1) is 21.3. The Labute approximate surface area is 167 Å². The average molecular weight is 378 g/mol. The average Bonchev–Trinajstić information content (AvgIpc) is 2.73. The van der Waals surface area contributed by atoms with Crippen LogP contribution in [-0.2, 0) is 16.0 Å². The van der Waals surface area contributed by atoms with Gasteiger partial charge in [-0.05, 0) is 18.6 Å². The monoisotopic (exact) mass is 378 g/mol. The molecule has 0 bridgehead atoms. The van der Waals surface area contributed by atoms with Crippen molar-refractivity contribution in [3.05, 3.63) is 96.6 Å². The molecular weight excluding hydrogens is 350 g/mol. The van der Waals surface area contributed by atoms with Crippen LogP contribution in [0.1, 0.15) is 28.4 Å². The predicted octanol–water partition coefficient (Wildman–Crippen LogP) is 4.17.